The minimum Gasteiger partial charge on any atom is -0.493 e. The number of aromatic nitrogens is 2. The van der Waals surface area contributed by atoms with E-state index >= 15 is 0 Å². The molecule has 3 aromatic carbocycles. The number of para-hydroxylation sites is 2. The molecule has 4 aromatic rings. The number of amides is 1. The smallest absolute Gasteiger partial charge is 0.257 e. The summed E-state index contributed by atoms with van der Waals surface area (Å²) >= 11 is 6.10. The summed E-state index contributed by atoms with van der Waals surface area (Å²) in [5.74, 6) is 0.540. The van der Waals surface area contributed by atoms with Crippen molar-refractivity contribution in [3.05, 3.63) is 100 Å². The number of nitrogens with zero attached hydrogens (tertiary/aromatic N) is 3. The Bertz CT molecular complexity index is 1350. The lowest BCUT2D eigenvalue weighted by Gasteiger charge is -2.23. The first-order valence-electron chi connectivity index (χ1n) is 11.6. The SMILES string of the molecule is CCCN(Cc1c(C)nn(-c2ccc(Cl)cc2)c1Oc1ccccc1OC)C(=O)c1ccccc1F. The molecule has 6 nitrogen and oxygen atoms in total. The summed E-state index contributed by atoms with van der Waals surface area (Å²) < 4.78 is 28.0. The Morgan fingerprint density at radius 2 is 1.69 bits per heavy atom. The Balaban J connectivity index is 1.80. The van der Waals surface area contributed by atoms with Crippen molar-refractivity contribution < 1.29 is 18.7 Å². The molecular formula is C28H27ClFN3O3. The second-order valence-electron chi connectivity index (χ2n) is 8.22. The molecule has 0 N–H and O–H groups in total. The highest BCUT2D eigenvalue weighted by atomic mass is 35.5. The Labute approximate surface area is 214 Å². The monoisotopic (exact) mass is 507 g/mol. The molecule has 0 fully saturated rings. The van der Waals surface area contributed by atoms with Gasteiger partial charge in [0.2, 0.25) is 5.88 Å². The molecule has 1 amide bonds. The summed E-state index contributed by atoms with van der Waals surface area (Å²) in [6, 6.07) is 20.5. The summed E-state index contributed by atoms with van der Waals surface area (Å²) in [7, 11) is 1.57. The van der Waals surface area contributed by atoms with Crippen LogP contribution < -0.4 is 9.47 Å². The van der Waals surface area contributed by atoms with Crippen molar-refractivity contribution >= 4 is 17.5 Å². The molecule has 36 heavy (non-hydrogen) atoms. The van der Waals surface area contributed by atoms with Gasteiger partial charge in [-0.05, 0) is 61.9 Å². The Kier molecular flexibility index (Phi) is 7.90. The van der Waals surface area contributed by atoms with Crippen molar-refractivity contribution in [1.82, 2.24) is 14.7 Å². The highest BCUT2D eigenvalue weighted by Crippen LogP contribution is 2.36. The first-order chi connectivity index (χ1) is 17.4. The number of methoxy groups -OCH3 is 1. The highest BCUT2D eigenvalue weighted by Gasteiger charge is 2.25. The van der Waals surface area contributed by atoms with E-state index in [0.717, 1.165) is 5.69 Å². The molecule has 0 unspecified atom stereocenters. The van der Waals surface area contributed by atoms with E-state index in [1.165, 1.54) is 12.1 Å². The third kappa shape index (κ3) is 5.36. The maximum atomic E-state index is 14.5. The Morgan fingerprint density at radius 3 is 2.36 bits per heavy atom. The van der Waals surface area contributed by atoms with E-state index in [-0.39, 0.29) is 12.1 Å². The number of carbonyl (C=O) groups excluding carboxylic acids is 1. The van der Waals surface area contributed by atoms with Crippen LogP contribution in [-0.4, -0.2) is 34.2 Å². The van der Waals surface area contributed by atoms with Crippen LogP contribution in [-0.2, 0) is 6.54 Å². The van der Waals surface area contributed by atoms with Crippen molar-refractivity contribution in [3.8, 4) is 23.1 Å². The van der Waals surface area contributed by atoms with Gasteiger partial charge in [-0.15, -0.1) is 0 Å². The molecule has 0 aliphatic heterocycles. The Hall–Kier alpha value is -3.84. The number of carbonyl (C=O) groups is 1. The Morgan fingerprint density at radius 1 is 1.03 bits per heavy atom. The summed E-state index contributed by atoms with van der Waals surface area (Å²) in [4.78, 5) is 15.0. The van der Waals surface area contributed by atoms with Gasteiger partial charge in [0.25, 0.3) is 5.91 Å². The van der Waals surface area contributed by atoms with Crippen LogP contribution in [0.4, 0.5) is 4.39 Å². The van der Waals surface area contributed by atoms with E-state index in [9.17, 15) is 9.18 Å². The number of aryl methyl sites for hydroxylation is 1. The lowest BCUT2D eigenvalue weighted by molar-refractivity contribution is 0.0737. The van der Waals surface area contributed by atoms with Crippen LogP contribution in [0.5, 0.6) is 17.4 Å². The predicted octanol–water partition coefficient (Wildman–Crippen LogP) is 6.83. The van der Waals surface area contributed by atoms with E-state index in [2.05, 4.69) is 0 Å². The van der Waals surface area contributed by atoms with Gasteiger partial charge in [0.1, 0.15) is 5.82 Å². The molecule has 0 saturated heterocycles. The fourth-order valence-electron chi connectivity index (χ4n) is 3.91. The van der Waals surface area contributed by atoms with Gasteiger partial charge in [-0.1, -0.05) is 42.8 Å². The number of hydrogen-bond acceptors (Lipinski definition) is 4. The van der Waals surface area contributed by atoms with Gasteiger partial charge in [0.15, 0.2) is 11.5 Å². The molecule has 0 aliphatic carbocycles. The second kappa shape index (κ2) is 11.3. The van der Waals surface area contributed by atoms with Crippen LogP contribution in [0.2, 0.25) is 5.02 Å². The molecule has 0 atom stereocenters. The number of hydrogen-bond donors (Lipinski definition) is 0. The summed E-state index contributed by atoms with van der Waals surface area (Å²) in [6.07, 6.45) is 0.702. The van der Waals surface area contributed by atoms with E-state index in [1.807, 2.05) is 38.1 Å². The van der Waals surface area contributed by atoms with Gasteiger partial charge in [-0.3, -0.25) is 4.79 Å². The maximum Gasteiger partial charge on any atom is 0.257 e. The zero-order chi connectivity index (χ0) is 25.7. The molecule has 186 valence electrons. The summed E-state index contributed by atoms with van der Waals surface area (Å²) in [5, 5.41) is 5.32. The van der Waals surface area contributed by atoms with Crippen LogP contribution in [0.25, 0.3) is 5.69 Å². The molecule has 0 bridgehead atoms. The predicted molar refractivity (Wildman–Crippen MR) is 138 cm³/mol. The van der Waals surface area contributed by atoms with Crippen LogP contribution in [0.15, 0.2) is 72.8 Å². The van der Waals surface area contributed by atoms with Gasteiger partial charge in [-0.2, -0.15) is 5.10 Å². The lowest BCUT2D eigenvalue weighted by atomic mass is 10.1. The fourth-order valence-corrected chi connectivity index (χ4v) is 4.03. The fraction of sp³-hybridized carbons (Fsp3) is 0.214. The van der Waals surface area contributed by atoms with Crippen LogP contribution in [0.1, 0.15) is 35.0 Å². The van der Waals surface area contributed by atoms with E-state index in [1.54, 1.807) is 53.1 Å². The van der Waals surface area contributed by atoms with Gasteiger partial charge < -0.3 is 14.4 Å². The molecule has 0 radical (unpaired) electrons. The number of halogens is 2. The van der Waals surface area contributed by atoms with Gasteiger partial charge in [0.05, 0.1) is 36.2 Å². The van der Waals surface area contributed by atoms with Crippen molar-refractivity contribution in [2.75, 3.05) is 13.7 Å². The van der Waals surface area contributed by atoms with Gasteiger partial charge in [0, 0.05) is 11.6 Å². The molecule has 0 aliphatic rings. The number of benzene rings is 3. The largest absolute Gasteiger partial charge is 0.493 e. The minimum absolute atomic E-state index is 0.0286. The average Bonchev–Trinajstić information content (AvgIpc) is 3.19. The summed E-state index contributed by atoms with van der Waals surface area (Å²) in [6.45, 7) is 4.45. The summed E-state index contributed by atoms with van der Waals surface area (Å²) in [5.41, 5.74) is 2.15. The van der Waals surface area contributed by atoms with Gasteiger partial charge >= 0.3 is 0 Å². The van der Waals surface area contributed by atoms with Crippen molar-refractivity contribution in [1.29, 1.82) is 0 Å². The quantitative estimate of drug-likeness (QED) is 0.249. The average molecular weight is 508 g/mol. The van der Waals surface area contributed by atoms with Crippen molar-refractivity contribution in [3.63, 3.8) is 0 Å². The third-order valence-corrected chi connectivity index (χ3v) is 5.97. The normalized spacial score (nSPS) is 10.8. The molecule has 0 spiro atoms. The van der Waals surface area contributed by atoms with Crippen molar-refractivity contribution in [2.45, 2.75) is 26.8 Å². The molecule has 1 aromatic heterocycles. The molecule has 8 heteroatoms. The molecule has 0 saturated carbocycles. The number of ether oxygens (including phenoxy) is 2. The zero-order valence-corrected chi connectivity index (χ0v) is 21.1. The van der Waals surface area contributed by atoms with E-state index in [4.69, 9.17) is 26.2 Å². The zero-order valence-electron chi connectivity index (χ0n) is 20.4. The van der Waals surface area contributed by atoms with Crippen LogP contribution in [0, 0.1) is 12.7 Å². The first-order valence-corrected chi connectivity index (χ1v) is 12.0. The van der Waals surface area contributed by atoms with Gasteiger partial charge in [-0.25, -0.2) is 9.07 Å². The topological polar surface area (TPSA) is 56.6 Å². The maximum absolute atomic E-state index is 14.5. The van der Waals surface area contributed by atoms with E-state index in [0.29, 0.717) is 46.6 Å². The highest BCUT2D eigenvalue weighted by molar-refractivity contribution is 6.30. The lowest BCUT2D eigenvalue weighted by Crippen LogP contribution is -2.32. The molecular weight excluding hydrogens is 481 g/mol. The molecule has 4 rings (SSSR count). The molecule has 1 heterocycles. The minimum atomic E-state index is -0.553. The number of rotatable bonds is 9. The van der Waals surface area contributed by atoms with E-state index < -0.39 is 11.7 Å². The third-order valence-electron chi connectivity index (χ3n) is 5.72. The van der Waals surface area contributed by atoms with Crippen molar-refractivity contribution in [2.24, 2.45) is 0 Å². The standard InChI is InChI=1S/C28H27ClFN3O3/c1-4-17-32(27(34)22-9-5-6-10-24(22)30)18-23-19(2)31-33(21-15-13-20(29)14-16-21)28(23)36-26-12-8-7-11-25(26)35-3/h5-16H,4,17-18H2,1-3H3. The van der Waals surface area contributed by atoms with Crippen LogP contribution in [0.3, 0.4) is 0 Å². The van der Waals surface area contributed by atoms with Crippen LogP contribution >= 0.6 is 11.6 Å². The first kappa shape index (κ1) is 25.3. The second-order valence-corrected chi connectivity index (χ2v) is 8.65.